The molecule has 1 saturated heterocycles. The lowest BCUT2D eigenvalue weighted by atomic mass is 10.0. The Balaban J connectivity index is 0.00000280. The first kappa shape index (κ1) is 22.5. The smallest absolute Gasteiger partial charge is 0.194 e. The van der Waals surface area contributed by atoms with Crippen molar-refractivity contribution < 1.29 is 13.9 Å². The molecule has 2 aromatic rings. The van der Waals surface area contributed by atoms with Crippen LogP contribution in [0.2, 0.25) is 0 Å². The molecule has 1 aliphatic heterocycles. The van der Waals surface area contributed by atoms with Gasteiger partial charge in [-0.15, -0.1) is 24.0 Å². The van der Waals surface area contributed by atoms with Crippen molar-refractivity contribution in [2.75, 3.05) is 44.2 Å². The van der Waals surface area contributed by atoms with Crippen LogP contribution in [0.3, 0.4) is 0 Å². The third-order valence-electron chi connectivity index (χ3n) is 4.70. The maximum absolute atomic E-state index is 14.0. The number of furan rings is 1. The average Bonchev–Trinajstić information content (AvgIpc) is 3.22. The Morgan fingerprint density at radius 1 is 1.21 bits per heavy atom. The molecule has 1 aliphatic rings. The first-order valence-corrected chi connectivity index (χ1v) is 9.30. The monoisotopic (exact) mass is 502 g/mol. The molecule has 0 bridgehead atoms. The summed E-state index contributed by atoms with van der Waals surface area (Å²) < 4.78 is 19.3. The number of hydrogen-bond acceptors (Lipinski definition) is 4. The Morgan fingerprint density at radius 2 is 1.93 bits per heavy atom. The number of halogens is 2. The Labute approximate surface area is 182 Å². The van der Waals surface area contributed by atoms with Crippen molar-refractivity contribution in [1.82, 2.24) is 10.2 Å². The van der Waals surface area contributed by atoms with E-state index in [-0.39, 0.29) is 36.3 Å². The zero-order valence-corrected chi connectivity index (χ0v) is 18.6. The highest BCUT2D eigenvalue weighted by Gasteiger charge is 2.27. The topological polar surface area (TPSA) is 64.2 Å². The van der Waals surface area contributed by atoms with Crippen molar-refractivity contribution in [3.63, 3.8) is 0 Å². The summed E-state index contributed by atoms with van der Waals surface area (Å²) in [6.45, 7) is 7.49. The fourth-order valence-electron chi connectivity index (χ4n) is 3.18. The summed E-state index contributed by atoms with van der Waals surface area (Å²) >= 11 is 0. The van der Waals surface area contributed by atoms with Gasteiger partial charge >= 0.3 is 0 Å². The number of guanidine groups is 1. The molecule has 154 valence electrons. The fraction of sp³-hybridized carbons (Fsp3) is 0.450. The van der Waals surface area contributed by atoms with Gasteiger partial charge in [0, 0.05) is 32.7 Å². The first-order valence-electron chi connectivity index (χ1n) is 9.30. The van der Waals surface area contributed by atoms with Crippen LogP contribution in [-0.4, -0.2) is 55.2 Å². The van der Waals surface area contributed by atoms with Gasteiger partial charge in [-0.05, 0) is 38.1 Å². The molecule has 3 rings (SSSR count). The van der Waals surface area contributed by atoms with Gasteiger partial charge in [-0.2, -0.15) is 0 Å². The van der Waals surface area contributed by atoms with E-state index in [0.717, 1.165) is 25.6 Å². The van der Waals surface area contributed by atoms with Gasteiger partial charge in [0.1, 0.15) is 17.2 Å². The number of anilines is 1. The second-order valence-electron chi connectivity index (χ2n) is 6.85. The Morgan fingerprint density at radius 3 is 2.54 bits per heavy atom. The van der Waals surface area contributed by atoms with Crippen LogP contribution >= 0.6 is 24.0 Å². The van der Waals surface area contributed by atoms with E-state index in [1.54, 1.807) is 31.4 Å². The van der Waals surface area contributed by atoms with E-state index < -0.39 is 5.60 Å². The maximum atomic E-state index is 14.0. The van der Waals surface area contributed by atoms with Crippen LogP contribution in [0.5, 0.6) is 0 Å². The predicted molar refractivity (Wildman–Crippen MR) is 120 cm³/mol. The number of benzene rings is 1. The zero-order valence-electron chi connectivity index (χ0n) is 16.3. The molecule has 1 fully saturated rings. The van der Waals surface area contributed by atoms with E-state index in [1.807, 2.05) is 19.1 Å². The number of para-hydroxylation sites is 1. The van der Waals surface area contributed by atoms with Crippen LogP contribution in [0.4, 0.5) is 10.1 Å². The van der Waals surface area contributed by atoms with Crippen LogP contribution in [0, 0.1) is 5.82 Å². The number of piperazine rings is 1. The summed E-state index contributed by atoms with van der Waals surface area (Å²) in [5, 5.41) is 13.9. The van der Waals surface area contributed by atoms with Crippen LogP contribution in [0.25, 0.3) is 0 Å². The van der Waals surface area contributed by atoms with Crippen molar-refractivity contribution in [3.8, 4) is 0 Å². The first-order chi connectivity index (χ1) is 13.0. The molecule has 0 saturated carbocycles. The molecule has 0 radical (unpaired) electrons. The van der Waals surface area contributed by atoms with Crippen molar-refractivity contribution in [2.24, 2.45) is 4.99 Å². The van der Waals surface area contributed by atoms with Gasteiger partial charge in [0.05, 0.1) is 18.5 Å². The van der Waals surface area contributed by atoms with Crippen molar-refractivity contribution in [2.45, 2.75) is 19.4 Å². The lowest BCUT2D eigenvalue weighted by Crippen LogP contribution is -2.53. The van der Waals surface area contributed by atoms with Crippen molar-refractivity contribution >= 4 is 35.6 Å². The second kappa shape index (κ2) is 10.1. The quantitative estimate of drug-likeness (QED) is 0.374. The molecule has 1 atom stereocenters. The molecular formula is C20H28FIN4O2. The van der Waals surface area contributed by atoms with E-state index in [4.69, 9.17) is 4.42 Å². The van der Waals surface area contributed by atoms with Crippen LogP contribution in [0.15, 0.2) is 52.1 Å². The zero-order chi connectivity index (χ0) is 19.3. The van der Waals surface area contributed by atoms with E-state index in [9.17, 15) is 9.50 Å². The van der Waals surface area contributed by atoms with Crippen LogP contribution < -0.4 is 10.2 Å². The minimum absolute atomic E-state index is 0. The number of aliphatic imine (C=N–C) groups is 1. The average molecular weight is 502 g/mol. The molecule has 0 spiro atoms. The van der Waals surface area contributed by atoms with E-state index in [1.165, 1.54) is 6.07 Å². The molecule has 1 aromatic heterocycles. The Kier molecular flexibility index (Phi) is 8.11. The molecule has 1 unspecified atom stereocenters. The number of nitrogens with one attached hydrogen (secondary N) is 1. The van der Waals surface area contributed by atoms with Gasteiger partial charge in [-0.3, -0.25) is 0 Å². The molecule has 2 heterocycles. The largest absolute Gasteiger partial charge is 0.466 e. The Bertz CT molecular complexity index is 759. The van der Waals surface area contributed by atoms with Crippen LogP contribution in [-0.2, 0) is 5.60 Å². The van der Waals surface area contributed by atoms with Crippen molar-refractivity contribution in [1.29, 1.82) is 0 Å². The third kappa shape index (κ3) is 5.38. The number of hydrogen-bond donors (Lipinski definition) is 2. The summed E-state index contributed by atoms with van der Waals surface area (Å²) in [5.41, 5.74) is -0.529. The lowest BCUT2D eigenvalue weighted by Gasteiger charge is -2.38. The van der Waals surface area contributed by atoms with E-state index in [0.29, 0.717) is 24.5 Å². The highest BCUT2D eigenvalue weighted by molar-refractivity contribution is 14.0. The van der Waals surface area contributed by atoms with Crippen LogP contribution in [0.1, 0.15) is 19.6 Å². The van der Waals surface area contributed by atoms with Gasteiger partial charge in [-0.1, -0.05) is 12.1 Å². The summed E-state index contributed by atoms with van der Waals surface area (Å²) in [5.74, 6) is 1.05. The molecule has 1 aromatic carbocycles. The normalized spacial score (nSPS) is 17.1. The number of aliphatic hydroxyl groups is 1. The minimum Gasteiger partial charge on any atom is -0.466 e. The highest BCUT2D eigenvalue weighted by Crippen LogP contribution is 2.22. The molecule has 2 N–H and O–H groups in total. The van der Waals surface area contributed by atoms with Crippen molar-refractivity contribution in [3.05, 3.63) is 54.2 Å². The number of rotatable bonds is 5. The minimum atomic E-state index is -1.17. The van der Waals surface area contributed by atoms with Gasteiger partial charge < -0.3 is 24.6 Å². The van der Waals surface area contributed by atoms with Gasteiger partial charge in [0.25, 0.3) is 0 Å². The Hall–Kier alpha value is -1.81. The second-order valence-corrected chi connectivity index (χ2v) is 6.85. The molecule has 0 aliphatic carbocycles. The van der Waals surface area contributed by atoms with E-state index in [2.05, 4.69) is 20.1 Å². The molecule has 0 amide bonds. The van der Waals surface area contributed by atoms with Gasteiger partial charge in [-0.25, -0.2) is 9.38 Å². The maximum Gasteiger partial charge on any atom is 0.194 e. The molecule has 28 heavy (non-hydrogen) atoms. The summed E-state index contributed by atoms with van der Waals surface area (Å²) in [6, 6.07) is 10.4. The standard InChI is InChI=1S/C20H27FN4O2.HI/c1-3-22-19(23-15-20(2,26)18-9-6-14-27-18)25-12-10-24(11-13-25)17-8-5-4-7-16(17)21;/h4-9,14,26H,3,10-13,15H2,1-2H3,(H,22,23);1H. The van der Waals surface area contributed by atoms with Gasteiger partial charge in [0.2, 0.25) is 0 Å². The summed E-state index contributed by atoms with van der Waals surface area (Å²) in [7, 11) is 0. The SMILES string of the molecule is CCNC(=NCC(C)(O)c1ccco1)N1CCN(c2ccccc2F)CC1.I. The molecular weight excluding hydrogens is 474 g/mol. The summed E-state index contributed by atoms with van der Waals surface area (Å²) in [4.78, 5) is 8.80. The molecule has 8 heteroatoms. The van der Waals surface area contributed by atoms with E-state index >= 15 is 0 Å². The fourth-order valence-corrected chi connectivity index (χ4v) is 3.18. The highest BCUT2D eigenvalue weighted by atomic mass is 127. The number of nitrogens with zero attached hydrogens (tertiary/aromatic N) is 3. The third-order valence-corrected chi connectivity index (χ3v) is 4.70. The predicted octanol–water partition coefficient (Wildman–Crippen LogP) is 3.03. The molecule has 6 nitrogen and oxygen atoms in total. The lowest BCUT2D eigenvalue weighted by molar-refractivity contribution is 0.0434. The summed E-state index contributed by atoms with van der Waals surface area (Å²) in [6.07, 6.45) is 1.54. The van der Waals surface area contributed by atoms with Gasteiger partial charge in [0.15, 0.2) is 5.96 Å².